The summed E-state index contributed by atoms with van der Waals surface area (Å²) >= 11 is 0. The van der Waals surface area contributed by atoms with Gasteiger partial charge in [-0.3, -0.25) is 0 Å². The third-order valence-electron chi connectivity index (χ3n) is 4.75. The highest BCUT2D eigenvalue weighted by Crippen LogP contribution is 2.28. The Hall–Kier alpha value is -1.82. The molecule has 5 nitrogen and oxygen atoms in total. The summed E-state index contributed by atoms with van der Waals surface area (Å²) in [7, 11) is 0. The predicted molar refractivity (Wildman–Crippen MR) is 108 cm³/mol. The van der Waals surface area contributed by atoms with Gasteiger partial charge in [-0.25, -0.2) is 9.97 Å². The van der Waals surface area contributed by atoms with Gasteiger partial charge in [0.1, 0.15) is 12.0 Å². The molecule has 0 amide bonds. The smallest absolute Gasteiger partial charge is 0.226 e. The second kappa shape index (κ2) is 9.21. The molecule has 2 N–H and O–H groups in total. The lowest BCUT2D eigenvalue weighted by molar-refractivity contribution is 0.291. The zero-order valence-electron chi connectivity index (χ0n) is 14.5. The monoisotopic (exact) mass is 394 g/mol. The molecule has 140 valence electrons. The summed E-state index contributed by atoms with van der Waals surface area (Å²) in [6.45, 7) is 0.941. The van der Waals surface area contributed by atoms with Gasteiger partial charge >= 0.3 is 0 Å². The molecule has 26 heavy (non-hydrogen) atoms. The van der Waals surface area contributed by atoms with Gasteiger partial charge in [0.25, 0.3) is 0 Å². The highest BCUT2D eigenvalue weighted by atomic mass is 35.5. The molecule has 7 heteroatoms. The van der Waals surface area contributed by atoms with Crippen LogP contribution in [0.1, 0.15) is 25.7 Å². The van der Waals surface area contributed by atoms with E-state index in [-0.39, 0.29) is 24.8 Å². The van der Waals surface area contributed by atoms with Crippen LogP contribution in [-0.2, 0) is 6.54 Å². The molecule has 0 bridgehead atoms. The van der Waals surface area contributed by atoms with Crippen molar-refractivity contribution in [2.75, 3.05) is 0 Å². The molecule has 0 saturated heterocycles. The van der Waals surface area contributed by atoms with Crippen molar-refractivity contribution in [2.24, 2.45) is 11.7 Å². The first kappa shape index (κ1) is 20.5. The number of oxazole rings is 1. The Balaban J connectivity index is 0.00000121. The first-order valence-corrected chi connectivity index (χ1v) is 8.57. The van der Waals surface area contributed by atoms with E-state index in [2.05, 4.69) is 14.5 Å². The van der Waals surface area contributed by atoms with E-state index in [4.69, 9.17) is 10.2 Å². The van der Waals surface area contributed by atoms with Gasteiger partial charge in [0.15, 0.2) is 5.82 Å². The molecule has 3 aromatic rings. The largest absolute Gasteiger partial charge is 0.444 e. The van der Waals surface area contributed by atoms with Crippen molar-refractivity contribution in [1.29, 1.82) is 0 Å². The molecule has 1 aromatic carbocycles. The van der Waals surface area contributed by atoms with E-state index in [0.717, 1.165) is 36.5 Å². The quantitative estimate of drug-likeness (QED) is 0.703. The Kier molecular flexibility index (Phi) is 7.26. The van der Waals surface area contributed by atoms with Crippen LogP contribution in [0, 0.1) is 5.92 Å². The van der Waals surface area contributed by atoms with Crippen molar-refractivity contribution >= 4 is 24.8 Å². The molecule has 0 radical (unpaired) electrons. The van der Waals surface area contributed by atoms with Gasteiger partial charge in [0, 0.05) is 30.5 Å². The molecule has 1 saturated carbocycles. The second-order valence-corrected chi connectivity index (χ2v) is 6.60. The van der Waals surface area contributed by atoms with Crippen molar-refractivity contribution in [1.82, 2.24) is 14.5 Å². The van der Waals surface area contributed by atoms with Gasteiger partial charge in [-0.15, -0.1) is 24.8 Å². The zero-order chi connectivity index (χ0) is 16.4. The first-order valence-electron chi connectivity index (χ1n) is 8.57. The fourth-order valence-corrected chi connectivity index (χ4v) is 3.56. The molecule has 1 aliphatic carbocycles. The van der Waals surface area contributed by atoms with Gasteiger partial charge < -0.3 is 14.7 Å². The lowest BCUT2D eigenvalue weighted by Crippen LogP contribution is -2.29. The van der Waals surface area contributed by atoms with E-state index in [1.807, 2.05) is 42.7 Å². The summed E-state index contributed by atoms with van der Waals surface area (Å²) in [6.07, 6.45) is 10.2. The zero-order valence-corrected chi connectivity index (χ0v) is 16.1. The Labute approximate surface area is 165 Å². The minimum absolute atomic E-state index is 0. The van der Waals surface area contributed by atoms with E-state index >= 15 is 0 Å². The fraction of sp³-hybridized carbons (Fsp3) is 0.368. The molecule has 2 atom stereocenters. The number of hydrogen-bond donors (Lipinski definition) is 1. The van der Waals surface area contributed by atoms with E-state index < -0.39 is 0 Å². The van der Waals surface area contributed by atoms with E-state index in [1.165, 1.54) is 12.8 Å². The van der Waals surface area contributed by atoms with Gasteiger partial charge in [-0.2, -0.15) is 0 Å². The van der Waals surface area contributed by atoms with Gasteiger partial charge in [0.05, 0.1) is 0 Å². The summed E-state index contributed by atoms with van der Waals surface area (Å²) in [5.74, 6) is 2.10. The van der Waals surface area contributed by atoms with Crippen LogP contribution < -0.4 is 5.73 Å². The Bertz CT molecular complexity index is 803. The summed E-state index contributed by atoms with van der Waals surface area (Å²) < 4.78 is 7.83. The van der Waals surface area contributed by atoms with Crippen LogP contribution in [0.15, 0.2) is 53.4 Å². The molecule has 0 spiro atoms. The number of benzene rings is 1. The van der Waals surface area contributed by atoms with Crippen molar-refractivity contribution in [2.45, 2.75) is 38.3 Å². The van der Waals surface area contributed by atoms with Crippen molar-refractivity contribution in [3.63, 3.8) is 0 Å². The van der Waals surface area contributed by atoms with Crippen molar-refractivity contribution in [3.05, 3.63) is 49.0 Å². The maximum absolute atomic E-state index is 6.12. The highest BCUT2D eigenvalue weighted by Gasteiger charge is 2.21. The molecular formula is C19H24Cl2N4O. The van der Waals surface area contributed by atoms with Crippen LogP contribution in [0.4, 0.5) is 0 Å². The maximum atomic E-state index is 6.12. The van der Waals surface area contributed by atoms with Crippen LogP contribution in [-0.4, -0.2) is 20.6 Å². The summed E-state index contributed by atoms with van der Waals surface area (Å²) in [5.41, 5.74) is 7.87. The number of nitrogens with zero attached hydrogens (tertiary/aromatic N) is 3. The number of nitrogens with two attached hydrogens (primary N) is 1. The SMILES string of the molecule is Cl.Cl.N[C@@H]1CCC[C@H](Cn2ccnc2-c2coc(-c3ccccc3)n2)C1. The van der Waals surface area contributed by atoms with Crippen LogP contribution in [0.5, 0.6) is 0 Å². The van der Waals surface area contributed by atoms with Crippen LogP contribution >= 0.6 is 24.8 Å². The number of hydrogen-bond acceptors (Lipinski definition) is 4. The Morgan fingerprint density at radius 1 is 1.15 bits per heavy atom. The molecular weight excluding hydrogens is 371 g/mol. The minimum Gasteiger partial charge on any atom is -0.444 e. The number of aromatic nitrogens is 3. The predicted octanol–water partition coefficient (Wildman–Crippen LogP) is 4.57. The van der Waals surface area contributed by atoms with Crippen LogP contribution in [0.2, 0.25) is 0 Å². The number of halogens is 2. The lowest BCUT2D eigenvalue weighted by Gasteiger charge is -2.27. The van der Waals surface area contributed by atoms with Gasteiger partial charge in [-0.05, 0) is 37.3 Å². The topological polar surface area (TPSA) is 69.9 Å². The summed E-state index contributed by atoms with van der Waals surface area (Å²) in [5, 5.41) is 0. The normalized spacial score (nSPS) is 19.4. The molecule has 2 aromatic heterocycles. The molecule has 0 unspecified atom stereocenters. The molecule has 0 aliphatic heterocycles. The van der Waals surface area contributed by atoms with E-state index in [9.17, 15) is 0 Å². The van der Waals surface area contributed by atoms with Gasteiger partial charge in [0.2, 0.25) is 5.89 Å². The highest BCUT2D eigenvalue weighted by molar-refractivity contribution is 5.85. The average molecular weight is 395 g/mol. The first-order chi connectivity index (χ1) is 11.8. The van der Waals surface area contributed by atoms with Crippen LogP contribution in [0.3, 0.4) is 0 Å². The Morgan fingerprint density at radius 2 is 1.96 bits per heavy atom. The second-order valence-electron chi connectivity index (χ2n) is 6.60. The minimum atomic E-state index is 0. The Morgan fingerprint density at radius 3 is 2.73 bits per heavy atom. The summed E-state index contributed by atoms with van der Waals surface area (Å²) in [4.78, 5) is 9.10. The van der Waals surface area contributed by atoms with E-state index in [0.29, 0.717) is 17.9 Å². The molecule has 4 rings (SSSR count). The van der Waals surface area contributed by atoms with Crippen molar-refractivity contribution < 1.29 is 4.42 Å². The van der Waals surface area contributed by atoms with Crippen LogP contribution in [0.25, 0.3) is 23.0 Å². The lowest BCUT2D eigenvalue weighted by atomic mass is 9.86. The standard InChI is InChI=1S/C19H22N4O.2ClH/c20-16-8-4-5-14(11-16)12-23-10-9-21-18(23)17-13-24-19(22-17)15-6-2-1-3-7-15;;/h1-3,6-7,9-10,13-14,16H,4-5,8,11-12,20H2;2*1H/t14-,16+;;/m0../s1. The molecule has 2 heterocycles. The van der Waals surface area contributed by atoms with Gasteiger partial charge in [-0.1, -0.05) is 24.6 Å². The third-order valence-corrected chi connectivity index (χ3v) is 4.75. The maximum Gasteiger partial charge on any atom is 0.226 e. The summed E-state index contributed by atoms with van der Waals surface area (Å²) in [6, 6.07) is 10.3. The van der Waals surface area contributed by atoms with Crippen molar-refractivity contribution in [3.8, 4) is 23.0 Å². The average Bonchev–Trinajstić information content (AvgIpc) is 3.25. The van der Waals surface area contributed by atoms with E-state index in [1.54, 1.807) is 6.26 Å². The molecule has 1 fully saturated rings. The fourth-order valence-electron chi connectivity index (χ4n) is 3.56. The molecule has 1 aliphatic rings. The number of imidazole rings is 1. The number of rotatable bonds is 4. The third kappa shape index (κ3) is 4.47.